The van der Waals surface area contributed by atoms with Crippen LogP contribution in [-0.2, 0) is 47.4 Å². The molecule has 0 saturated carbocycles. The van der Waals surface area contributed by atoms with Crippen molar-refractivity contribution in [3.8, 4) is 17.0 Å². The van der Waals surface area contributed by atoms with Gasteiger partial charge in [-0.25, -0.2) is 22.8 Å². The van der Waals surface area contributed by atoms with Crippen LogP contribution in [0.25, 0.3) is 11.3 Å². The molecule has 18 heteroatoms. The molecule has 5 N–H and O–H groups in total. The van der Waals surface area contributed by atoms with E-state index < -0.39 is 64.4 Å². The van der Waals surface area contributed by atoms with Crippen LogP contribution < -0.4 is 20.8 Å². The molecule has 1 aromatic carbocycles. The summed E-state index contributed by atoms with van der Waals surface area (Å²) in [7, 11) is -3.30. The Morgan fingerprint density at radius 1 is 1.23 bits per heavy atom. The van der Waals surface area contributed by atoms with Crippen LogP contribution >= 0.6 is 11.3 Å². The molecule has 0 unspecified atom stereocenters. The van der Waals surface area contributed by atoms with Gasteiger partial charge >= 0.3 is 5.97 Å². The molecule has 3 heterocycles. The number of nitrogen functional groups attached to an aromatic ring is 1. The number of nitrogens with zero attached hydrogens (tertiary/aromatic N) is 4. The first kappa shape index (κ1) is 35.4. The first-order valence-corrected chi connectivity index (χ1v) is 16.4. The Hall–Kier alpha value is -4.49. The van der Waals surface area contributed by atoms with Gasteiger partial charge in [-0.1, -0.05) is 5.16 Å². The number of ketones is 1. The van der Waals surface area contributed by atoms with Crippen molar-refractivity contribution in [3.05, 3.63) is 59.2 Å². The Bertz CT molecular complexity index is 1780. The van der Waals surface area contributed by atoms with E-state index in [0.29, 0.717) is 17.4 Å². The third-order valence-electron chi connectivity index (χ3n) is 7.42. The number of amides is 1. The van der Waals surface area contributed by atoms with Crippen molar-refractivity contribution >= 4 is 50.2 Å². The molecule has 4 rings (SSSR count). The molecule has 252 valence electrons. The number of hydrogen-bond acceptors (Lipinski definition) is 14. The Morgan fingerprint density at radius 3 is 2.49 bits per heavy atom. The predicted octanol–water partition coefficient (Wildman–Crippen LogP) is 0.949. The smallest absolute Gasteiger partial charge is 0.351 e. The molecular weight excluding hydrogens is 656 g/mol. The first-order chi connectivity index (χ1) is 22.1. The van der Waals surface area contributed by atoms with Crippen molar-refractivity contribution in [2.75, 3.05) is 18.9 Å². The van der Waals surface area contributed by atoms with Gasteiger partial charge in [-0.05, 0) is 63.6 Å². The number of aryl methyl sites for hydroxylation is 2. The minimum absolute atomic E-state index is 0.0291. The second-order valence-electron chi connectivity index (χ2n) is 11.2. The van der Waals surface area contributed by atoms with Crippen LogP contribution in [0, 0.1) is 5.92 Å². The number of anilines is 1. The normalized spacial score (nSPS) is 16.8. The summed E-state index contributed by atoms with van der Waals surface area (Å²) in [5.74, 6) is -3.88. The van der Waals surface area contributed by atoms with Crippen molar-refractivity contribution in [2.24, 2.45) is 23.9 Å². The molecule has 1 aliphatic rings. The van der Waals surface area contributed by atoms with Gasteiger partial charge in [0.1, 0.15) is 25.1 Å². The molecule has 0 spiro atoms. The molecule has 16 nitrogen and oxygen atoms in total. The minimum Gasteiger partial charge on any atom is -0.724 e. The molecule has 3 aromatic rings. The summed E-state index contributed by atoms with van der Waals surface area (Å²) >= 11 is 0.982. The number of ether oxygens (including phenoxy) is 1. The number of carbonyl (C=O) groups excluding carboxylic acids is 2. The fraction of sp³-hybridized carbons (Fsp3) is 0.379. The molecule has 1 fully saturated rings. The number of thiazole rings is 1. The summed E-state index contributed by atoms with van der Waals surface area (Å²) < 4.78 is 44.9. The highest BCUT2D eigenvalue weighted by molar-refractivity contribution is 7.80. The predicted molar refractivity (Wildman–Crippen MR) is 166 cm³/mol. The van der Waals surface area contributed by atoms with E-state index in [1.165, 1.54) is 24.8 Å². The zero-order chi connectivity index (χ0) is 34.5. The maximum atomic E-state index is 13.3. The summed E-state index contributed by atoms with van der Waals surface area (Å²) in [6.45, 7) is 2.94. The lowest BCUT2D eigenvalue weighted by Gasteiger charge is -2.51. The summed E-state index contributed by atoms with van der Waals surface area (Å²) in [5.41, 5.74) is 12.5. The maximum Gasteiger partial charge on any atom is 0.351 e. The van der Waals surface area contributed by atoms with Gasteiger partial charge in [0, 0.05) is 29.0 Å². The van der Waals surface area contributed by atoms with Gasteiger partial charge in [-0.15, -0.1) is 11.3 Å². The average Bonchev–Trinajstić information content (AvgIpc) is 3.44. The van der Waals surface area contributed by atoms with Gasteiger partial charge < -0.3 is 30.7 Å². The fourth-order valence-corrected chi connectivity index (χ4v) is 5.85. The lowest BCUT2D eigenvalue weighted by atomic mass is 9.74. The van der Waals surface area contributed by atoms with Gasteiger partial charge in [-0.2, -0.15) is 9.35 Å². The number of Topliss-reactive ketones (excluding diaryl/α,β-unsaturated/α-hetero) is 1. The fourth-order valence-electron chi connectivity index (χ4n) is 4.86. The van der Waals surface area contributed by atoms with Gasteiger partial charge in [-0.3, -0.25) is 9.59 Å². The number of β-lactam (4-membered cyclic amide) rings is 1. The number of aliphatic carboxylic acids is 1. The molecule has 0 aliphatic carbocycles. The largest absolute Gasteiger partial charge is 0.724 e. The Labute approximate surface area is 274 Å². The van der Waals surface area contributed by atoms with E-state index in [4.69, 9.17) is 21.0 Å². The number of nitrogens with two attached hydrogens (primary N) is 2. The number of oxime groups is 1. The molecule has 1 amide bonds. The topological polar surface area (TPSA) is 241 Å². The van der Waals surface area contributed by atoms with Gasteiger partial charge in [0.05, 0.1) is 11.5 Å². The van der Waals surface area contributed by atoms with Crippen molar-refractivity contribution in [1.82, 2.24) is 10.0 Å². The summed E-state index contributed by atoms with van der Waals surface area (Å²) in [4.78, 5) is 47.1. The van der Waals surface area contributed by atoms with E-state index in [1.807, 2.05) is 42.1 Å². The maximum absolute atomic E-state index is 13.3. The van der Waals surface area contributed by atoms with Crippen molar-refractivity contribution in [3.63, 3.8) is 0 Å². The monoisotopic (exact) mass is 690 g/mol. The van der Waals surface area contributed by atoms with E-state index in [0.717, 1.165) is 35.4 Å². The molecular formula is C29H34N6O10S2. The molecule has 0 radical (unpaired) electrons. The second-order valence-corrected chi connectivity index (χ2v) is 13.0. The average molecular weight is 691 g/mol. The number of carboxylic acids is 1. The van der Waals surface area contributed by atoms with Crippen LogP contribution in [0.5, 0.6) is 5.75 Å². The molecule has 2 aromatic heterocycles. The van der Waals surface area contributed by atoms with E-state index in [2.05, 4.69) is 14.4 Å². The summed E-state index contributed by atoms with van der Waals surface area (Å²) in [5, 5.41) is 15.4. The third kappa shape index (κ3) is 8.66. The SMILES string of the molecule is C[n+]1cc(CCCN)ccc1-c1ccc(OC[C@H](O/N=C(\C(=O)C[C@@H]2C(=O)N(OS(=O)(=O)[O-])C2(C)C)c2csc(N)n2)C(=O)O)cc1. The minimum atomic E-state index is -5.24. The number of hydroxylamine groups is 2. The second kappa shape index (κ2) is 14.5. The highest BCUT2D eigenvalue weighted by atomic mass is 32.3. The third-order valence-corrected chi connectivity index (χ3v) is 8.43. The lowest BCUT2D eigenvalue weighted by Crippen LogP contribution is -2.68. The number of benzene rings is 1. The van der Waals surface area contributed by atoms with Crippen LogP contribution in [0.3, 0.4) is 0 Å². The first-order valence-electron chi connectivity index (χ1n) is 14.2. The standard InChI is InChI=1S/C29H34N6O10S2/c1-29(2)20(26(37)35(29)45-47(40,41)42)13-23(36)25(21-16-46-28(31)32-21)33-44-24(27(38)39)15-43-19-9-7-18(8-10-19)22-11-6-17(5-4-12-30)14-34(22)3/h6-11,14,16,20,24H,4-5,12-13,15,30H2,1-3H3,(H3-,31,32,38,39,40,41,42)/b33-25-/t20-,24+/m1/s1. The van der Waals surface area contributed by atoms with Crippen LogP contribution in [0.4, 0.5) is 5.13 Å². The Balaban J connectivity index is 1.45. The number of pyridine rings is 1. The van der Waals surface area contributed by atoms with E-state index in [1.54, 1.807) is 12.1 Å². The molecule has 0 bridgehead atoms. The van der Waals surface area contributed by atoms with Crippen LogP contribution in [0.15, 0.2) is 53.1 Å². The molecule has 47 heavy (non-hydrogen) atoms. The number of hydrogen-bond donors (Lipinski definition) is 3. The molecule has 1 saturated heterocycles. The van der Waals surface area contributed by atoms with Crippen molar-refractivity contribution in [1.29, 1.82) is 0 Å². The van der Waals surface area contributed by atoms with Gasteiger partial charge in [0.25, 0.3) is 12.0 Å². The Morgan fingerprint density at radius 2 is 1.94 bits per heavy atom. The van der Waals surface area contributed by atoms with Crippen LogP contribution in [0.1, 0.15) is 37.9 Å². The number of carbonyl (C=O) groups is 3. The molecule has 2 atom stereocenters. The quantitative estimate of drug-likeness (QED) is 0.0474. The van der Waals surface area contributed by atoms with Crippen LogP contribution in [0.2, 0.25) is 0 Å². The van der Waals surface area contributed by atoms with Gasteiger partial charge in [0.15, 0.2) is 22.8 Å². The van der Waals surface area contributed by atoms with E-state index >= 15 is 0 Å². The zero-order valence-electron chi connectivity index (χ0n) is 25.7. The zero-order valence-corrected chi connectivity index (χ0v) is 27.3. The van der Waals surface area contributed by atoms with Crippen LogP contribution in [-0.4, -0.2) is 76.3 Å². The van der Waals surface area contributed by atoms with Crippen molar-refractivity contribution in [2.45, 2.75) is 44.8 Å². The lowest BCUT2D eigenvalue weighted by molar-refractivity contribution is -0.660. The number of rotatable bonds is 16. The van der Waals surface area contributed by atoms with E-state index in [-0.39, 0.29) is 10.8 Å². The summed E-state index contributed by atoms with van der Waals surface area (Å²) in [6, 6.07) is 11.0. The van der Waals surface area contributed by atoms with E-state index in [9.17, 15) is 32.5 Å². The highest BCUT2D eigenvalue weighted by Crippen LogP contribution is 2.40. The Kier molecular flexibility index (Phi) is 10.9. The molecule has 1 aliphatic heterocycles. The number of aromatic nitrogens is 2. The number of carboxylic acid groups (broad SMARTS) is 1. The summed E-state index contributed by atoms with van der Waals surface area (Å²) in [6.07, 6.45) is 1.65. The van der Waals surface area contributed by atoms with Gasteiger partial charge in [0.2, 0.25) is 16.1 Å². The van der Waals surface area contributed by atoms with Crippen molar-refractivity contribution < 1.29 is 50.9 Å². The highest BCUT2D eigenvalue weighted by Gasteiger charge is 2.57.